The molecule has 0 spiro atoms. The van der Waals surface area contributed by atoms with Crippen molar-refractivity contribution in [2.24, 2.45) is 0 Å². The molecule has 56 valence electrons. The molecule has 0 saturated heterocycles. The van der Waals surface area contributed by atoms with Gasteiger partial charge in [-0.1, -0.05) is 0 Å². The van der Waals surface area contributed by atoms with Crippen LogP contribution in [0.15, 0.2) is 0 Å². The Morgan fingerprint density at radius 1 is 1.20 bits per heavy atom. The third kappa shape index (κ3) is 1300. The first-order valence-corrected chi connectivity index (χ1v) is 2.71. The predicted octanol–water partition coefficient (Wildman–Crippen LogP) is -3.48. The standard InChI is InChI=1S/CH2O3.H2O4S.Sr/c2-1(3)4;1-5(2,3)4;/h(H2,2,3,4);(H2,1,2,3,4);/q;;+2/p-2. The molecular formula is CH2O7SSr. The Morgan fingerprint density at radius 2 is 1.20 bits per heavy atom. The molecule has 7 nitrogen and oxygen atoms in total. The van der Waals surface area contributed by atoms with Crippen molar-refractivity contribution in [1.29, 1.82) is 0 Å². The van der Waals surface area contributed by atoms with Gasteiger partial charge in [0.15, 0.2) is 0 Å². The molecule has 0 aliphatic rings. The first kappa shape index (κ1) is 16.9. The van der Waals surface area contributed by atoms with Gasteiger partial charge in [-0.25, -0.2) is 0 Å². The molecule has 10 heavy (non-hydrogen) atoms. The molecule has 0 fully saturated rings. The Balaban J connectivity index is -0.0000000910. The van der Waals surface area contributed by atoms with Gasteiger partial charge in [0.05, 0.1) is 0 Å². The zero-order valence-electron chi connectivity index (χ0n) is 4.55. The second-order valence-electron chi connectivity index (χ2n) is 0.698. The molecule has 0 aliphatic heterocycles. The summed E-state index contributed by atoms with van der Waals surface area (Å²) >= 11 is 0. The second kappa shape index (κ2) is 7.72. The average molecular weight is 246 g/mol. The van der Waals surface area contributed by atoms with Gasteiger partial charge in [0.1, 0.15) is 0 Å². The molecular weight excluding hydrogens is 244 g/mol. The quantitative estimate of drug-likeness (QED) is 0.334. The van der Waals surface area contributed by atoms with Gasteiger partial charge in [0, 0.05) is 0 Å². The van der Waals surface area contributed by atoms with Crippen LogP contribution in [0, 0.1) is 0 Å². The smallest absolute Gasteiger partial charge is 0.652 e. The van der Waals surface area contributed by atoms with Crippen LogP contribution in [0.5, 0.6) is 0 Å². The largest absolute Gasteiger partial charge is 2.00 e. The summed E-state index contributed by atoms with van der Waals surface area (Å²) in [7, 11) is -4.67. The van der Waals surface area contributed by atoms with E-state index in [0.29, 0.717) is 0 Å². The van der Waals surface area contributed by atoms with Gasteiger partial charge in [-0.05, 0) is 6.16 Å². The van der Waals surface area contributed by atoms with Gasteiger partial charge in [0.25, 0.3) is 0 Å². The van der Waals surface area contributed by atoms with Crippen molar-refractivity contribution in [1.82, 2.24) is 0 Å². The van der Waals surface area contributed by atoms with Crippen LogP contribution < -0.4 is 10.2 Å². The Bertz CT molecular complexity index is 156. The molecule has 0 heterocycles. The van der Waals surface area contributed by atoms with E-state index in [1.165, 1.54) is 0 Å². The van der Waals surface area contributed by atoms with Crippen LogP contribution in [-0.2, 0) is 10.4 Å². The van der Waals surface area contributed by atoms with Crippen LogP contribution in [0.2, 0.25) is 0 Å². The Kier molecular flexibility index (Phi) is 13.1. The number of carbonyl (C=O) groups is 1. The summed E-state index contributed by atoms with van der Waals surface area (Å²) in [6, 6.07) is 0. The van der Waals surface area contributed by atoms with E-state index >= 15 is 0 Å². The van der Waals surface area contributed by atoms with E-state index in [2.05, 4.69) is 0 Å². The fourth-order valence-electron chi connectivity index (χ4n) is 0. The van der Waals surface area contributed by atoms with Crippen molar-refractivity contribution in [2.75, 3.05) is 0 Å². The van der Waals surface area contributed by atoms with E-state index in [-0.39, 0.29) is 45.5 Å². The summed E-state index contributed by atoms with van der Waals surface area (Å²) in [6.07, 6.45) is -2.33. The second-order valence-corrected chi connectivity index (χ2v) is 1.59. The van der Waals surface area contributed by atoms with E-state index < -0.39 is 16.6 Å². The van der Waals surface area contributed by atoms with E-state index in [1.807, 2.05) is 0 Å². The summed E-state index contributed by atoms with van der Waals surface area (Å²) in [5.41, 5.74) is 0. The van der Waals surface area contributed by atoms with Crippen LogP contribution in [0.4, 0.5) is 4.79 Å². The molecule has 0 aromatic heterocycles. The number of hydrogen-bond donors (Lipinski definition) is 2. The maximum Gasteiger partial charge on any atom is 2.00 e. The summed E-state index contributed by atoms with van der Waals surface area (Å²) in [5, 5.41) is 16.7. The summed E-state index contributed by atoms with van der Waals surface area (Å²) < 4.78 is 31.6. The van der Waals surface area contributed by atoms with Crippen LogP contribution >= 0.6 is 0 Å². The Morgan fingerprint density at radius 3 is 1.20 bits per heavy atom. The molecule has 0 aromatic rings. The minimum Gasteiger partial charge on any atom is -0.652 e. The van der Waals surface area contributed by atoms with Gasteiger partial charge in [0.2, 0.25) is 0 Å². The number of rotatable bonds is 0. The van der Waals surface area contributed by atoms with Gasteiger partial charge in [-0.3, -0.25) is 9.11 Å². The van der Waals surface area contributed by atoms with E-state index in [4.69, 9.17) is 32.5 Å². The SMILES string of the molecule is O=C([O-])[O-].O=S(=O)(O)O.[Sr+2]. The molecule has 0 atom stereocenters. The maximum absolute atomic E-state index is 8.74. The molecule has 0 rings (SSSR count). The minimum absolute atomic E-state index is 0. The molecule has 0 saturated carbocycles. The van der Waals surface area contributed by atoms with E-state index in [1.54, 1.807) is 0 Å². The molecule has 0 aliphatic carbocycles. The van der Waals surface area contributed by atoms with Gasteiger partial charge in [-0.15, -0.1) is 0 Å². The third-order valence-electron chi connectivity index (χ3n) is 0. The van der Waals surface area contributed by atoms with Gasteiger partial charge in [-0.2, -0.15) is 8.42 Å². The maximum atomic E-state index is 8.74. The molecule has 2 N–H and O–H groups in total. The number of hydrogen-bond acceptors (Lipinski definition) is 5. The van der Waals surface area contributed by atoms with Crippen LogP contribution in [-0.4, -0.2) is 69.2 Å². The summed E-state index contributed by atoms with van der Waals surface area (Å²) in [6.45, 7) is 0. The number of carbonyl (C=O) groups excluding carboxylic acids is 1. The fraction of sp³-hybridized carbons (Fsp3) is 0. The van der Waals surface area contributed by atoms with Crippen molar-refractivity contribution < 1.29 is 32.5 Å². The zero-order valence-corrected chi connectivity index (χ0v) is 8.84. The van der Waals surface area contributed by atoms with E-state index in [9.17, 15) is 0 Å². The number of carboxylic acid groups (broad SMARTS) is 2. The zero-order chi connectivity index (χ0) is 8.08. The third-order valence-corrected chi connectivity index (χ3v) is 0. The van der Waals surface area contributed by atoms with Crippen molar-refractivity contribution in [3.05, 3.63) is 0 Å². The molecule has 0 aromatic carbocycles. The molecule has 0 unspecified atom stereocenters. The summed E-state index contributed by atoms with van der Waals surface area (Å²) in [4.78, 5) is 8.33. The summed E-state index contributed by atoms with van der Waals surface area (Å²) in [5.74, 6) is 0. The predicted molar refractivity (Wildman–Crippen MR) is 25.3 cm³/mol. The van der Waals surface area contributed by atoms with Gasteiger partial charge >= 0.3 is 55.9 Å². The van der Waals surface area contributed by atoms with Crippen LogP contribution in [0.25, 0.3) is 0 Å². The Labute approximate surface area is 93.5 Å². The molecule has 0 amide bonds. The molecule has 0 bridgehead atoms. The van der Waals surface area contributed by atoms with Crippen molar-refractivity contribution in [2.45, 2.75) is 0 Å². The monoisotopic (exact) mass is 246 g/mol. The van der Waals surface area contributed by atoms with Gasteiger partial charge < -0.3 is 15.0 Å². The van der Waals surface area contributed by atoms with Crippen LogP contribution in [0.1, 0.15) is 0 Å². The van der Waals surface area contributed by atoms with Crippen molar-refractivity contribution in [3.63, 3.8) is 0 Å². The Hall–Kier alpha value is 0.621. The van der Waals surface area contributed by atoms with E-state index in [0.717, 1.165) is 0 Å². The molecule has 0 radical (unpaired) electrons. The minimum atomic E-state index is -4.67. The molecule has 9 heteroatoms. The normalized spacial score (nSPS) is 8.20. The van der Waals surface area contributed by atoms with Crippen molar-refractivity contribution in [3.8, 4) is 0 Å². The fourth-order valence-corrected chi connectivity index (χ4v) is 0. The van der Waals surface area contributed by atoms with Crippen molar-refractivity contribution >= 4 is 62.0 Å². The first-order chi connectivity index (χ1) is 3.73. The van der Waals surface area contributed by atoms with Crippen LogP contribution in [0.3, 0.4) is 0 Å². The first-order valence-electron chi connectivity index (χ1n) is 1.31. The topological polar surface area (TPSA) is 138 Å². The average Bonchev–Trinajstić information content (AvgIpc) is 1.19.